The van der Waals surface area contributed by atoms with Gasteiger partial charge in [0.05, 0.1) is 13.7 Å². The minimum atomic E-state index is 0.0801. The van der Waals surface area contributed by atoms with Crippen LogP contribution >= 0.6 is 0 Å². The number of carbonyl (C=O) groups is 2. The third kappa shape index (κ3) is 6.35. The molecule has 1 heterocycles. The fourth-order valence-corrected chi connectivity index (χ4v) is 4.62. The molecule has 0 bridgehead atoms. The summed E-state index contributed by atoms with van der Waals surface area (Å²) in [6, 6.07) is 18.4. The SMILES string of the molecule is COc1ccc(CCC(=O)N2CCCN(CC(=O)NCC3(c4ccccc4)CC3)CC2)cc1. The number of hydrogen-bond acceptors (Lipinski definition) is 4. The smallest absolute Gasteiger partial charge is 0.234 e. The first-order valence-corrected chi connectivity index (χ1v) is 12.0. The monoisotopic (exact) mass is 449 g/mol. The van der Waals surface area contributed by atoms with E-state index < -0.39 is 0 Å². The molecule has 2 aromatic rings. The first-order valence-electron chi connectivity index (χ1n) is 12.0. The summed E-state index contributed by atoms with van der Waals surface area (Å²) in [6.45, 7) is 4.14. The number of aryl methyl sites for hydroxylation is 1. The van der Waals surface area contributed by atoms with Crippen molar-refractivity contribution in [2.75, 3.05) is 46.4 Å². The molecule has 1 aliphatic carbocycles. The van der Waals surface area contributed by atoms with Gasteiger partial charge in [0.2, 0.25) is 11.8 Å². The molecule has 176 valence electrons. The van der Waals surface area contributed by atoms with Gasteiger partial charge in [-0.2, -0.15) is 0 Å². The number of carbonyl (C=O) groups excluding carboxylic acids is 2. The predicted molar refractivity (Wildman–Crippen MR) is 129 cm³/mol. The number of nitrogens with zero attached hydrogens (tertiary/aromatic N) is 2. The van der Waals surface area contributed by atoms with Crippen molar-refractivity contribution < 1.29 is 14.3 Å². The zero-order valence-electron chi connectivity index (χ0n) is 19.6. The fraction of sp³-hybridized carbons (Fsp3) is 0.481. The van der Waals surface area contributed by atoms with E-state index in [-0.39, 0.29) is 17.2 Å². The van der Waals surface area contributed by atoms with E-state index >= 15 is 0 Å². The molecule has 0 unspecified atom stereocenters. The Morgan fingerprint density at radius 1 is 0.970 bits per heavy atom. The molecule has 1 saturated carbocycles. The van der Waals surface area contributed by atoms with Gasteiger partial charge in [0.1, 0.15) is 5.75 Å². The van der Waals surface area contributed by atoms with Crippen molar-refractivity contribution in [1.29, 1.82) is 0 Å². The standard InChI is InChI=1S/C27H35N3O3/c1-33-24-11-8-22(9-12-24)10-13-26(32)30-17-5-16-29(18-19-30)20-25(31)28-21-27(14-15-27)23-6-3-2-4-7-23/h2-4,6-9,11-12H,5,10,13-21H2,1H3,(H,28,31). The van der Waals surface area contributed by atoms with Gasteiger partial charge in [0.15, 0.2) is 0 Å². The lowest BCUT2D eigenvalue weighted by Crippen LogP contribution is -2.42. The van der Waals surface area contributed by atoms with Crippen molar-refractivity contribution >= 4 is 11.8 Å². The summed E-state index contributed by atoms with van der Waals surface area (Å²) in [5.74, 6) is 1.10. The lowest BCUT2D eigenvalue weighted by atomic mass is 9.96. The van der Waals surface area contributed by atoms with Crippen LogP contribution in [0.5, 0.6) is 5.75 Å². The van der Waals surface area contributed by atoms with Gasteiger partial charge in [0.25, 0.3) is 0 Å². The molecule has 2 fully saturated rings. The minimum Gasteiger partial charge on any atom is -0.497 e. The maximum absolute atomic E-state index is 12.7. The molecular weight excluding hydrogens is 414 g/mol. The summed E-state index contributed by atoms with van der Waals surface area (Å²) in [5.41, 5.74) is 2.59. The van der Waals surface area contributed by atoms with Crippen LogP contribution in [-0.4, -0.2) is 68.0 Å². The van der Waals surface area contributed by atoms with Gasteiger partial charge in [-0.15, -0.1) is 0 Å². The predicted octanol–water partition coefficient (Wildman–Crippen LogP) is 3.01. The Morgan fingerprint density at radius 3 is 2.42 bits per heavy atom. The van der Waals surface area contributed by atoms with E-state index in [0.29, 0.717) is 26.1 Å². The maximum Gasteiger partial charge on any atom is 0.234 e. The molecule has 0 radical (unpaired) electrons. The Bertz CT molecular complexity index is 925. The summed E-state index contributed by atoms with van der Waals surface area (Å²) < 4.78 is 5.19. The van der Waals surface area contributed by atoms with E-state index in [1.807, 2.05) is 35.2 Å². The van der Waals surface area contributed by atoms with Gasteiger partial charge in [0, 0.05) is 44.6 Å². The second-order valence-corrected chi connectivity index (χ2v) is 9.28. The van der Waals surface area contributed by atoms with Crippen LogP contribution in [0, 0.1) is 0 Å². The molecule has 1 aliphatic heterocycles. The van der Waals surface area contributed by atoms with E-state index in [2.05, 4.69) is 34.5 Å². The topological polar surface area (TPSA) is 61.9 Å². The summed E-state index contributed by atoms with van der Waals surface area (Å²) in [7, 11) is 1.65. The average Bonchev–Trinajstić information content (AvgIpc) is 3.67. The number of methoxy groups -OCH3 is 1. The molecular formula is C27H35N3O3. The zero-order valence-corrected chi connectivity index (χ0v) is 19.6. The van der Waals surface area contributed by atoms with Crippen molar-refractivity contribution in [1.82, 2.24) is 15.1 Å². The van der Waals surface area contributed by atoms with Crippen LogP contribution in [0.25, 0.3) is 0 Å². The van der Waals surface area contributed by atoms with E-state index in [1.165, 1.54) is 5.56 Å². The summed E-state index contributed by atoms with van der Waals surface area (Å²) >= 11 is 0. The Morgan fingerprint density at radius 2 is 1.73 bits per heavy atom. The van der Waals surface area contributed by atoms with Gasteiger partial charge >= 0.3 is 0 Å². The van der Waals surface area contributed by atoms with Crippen LogP contribution < -0.4 is 10.1 Å². The maximum atomic E-state index is 12.7. The van der Waals surface area contributed by atoms with Gasteiger partial charge in [-0.05, 0) is 48.9 Å². The highest BCUT2D eigenvalue weighted by Gasteiger charge is 2.44. The number of amides is 2. The van der Waals surface area contributed by atoms with Crippen LogP contribution in [0.1, 0.15) is 36.8 Å². The summed E-state index contributed by atoms with van der Waals surface area (Å²) in [4.78, 5) is 29.5. The van der Waals surface area contributed by atoms with Crippen LogP contribution in [0.3, 0.4) is 0 Å². The van der Waals surface area contributed by atoms with Gasteiger partial charge < -0.3 is 15.0 Å². The van der Waals surface area contributed by atoms with E-state index in [4.69, 9.17) is 4.74 Å². The lowest BCUT2D eigenvalue weighted by molar-refractivity contribution is -0.131. The fourth-order valence-electron chi connectivity index (χ4n) is 4.62. The molecule has 6 heteroatoms. The molecule has 2 amide bonds. The van der Waals surface area contributed by atoms with Crippen LogP contribution in [0.2, 0.25) is 0 Å². The largest absolute Gasteiger partial charge is 0.497 e. The summed E-state index contributed by atoms with van der Waals surface area (Å²) in [6.07, 6.45) is 4.40. The van der Waals surface area contributed by atoms with E-state index in [9.17, 15) is 9.59 Å². The first-order chi connectivity index (χ1) is 16.1. The molecule has 2 aromatic carbocycles. The highest BCUT2D eigenvalue weighted by atomic mass is 16.5. The molecule has 0 aromatic heterocycles. The number of rotatable bonds is 9. The number of nitrogens with one attached hydrogen (secondary N) is 1. The zero-order chi connectivity index (χ0) is 23.1. The number of benzene rings is 2. The molecule has 0 atom stereocenters. The third-order valence-electron chi connectivity index (χ3n) is 6.96. The number of hydrogen-bond donors (Lipinski definition) is 1. The molecule has 4 rings (SSSR count). The van der Waals surface area contributed by atoms with Crippen LogP contribution in [-0.2, 0) is 21.4 Å². The van der Waals surface area contributed by atoms with Crippen LogP contribution in [0.15, 0.2) is 54.6 Å². The van der Waals surface area contributed by atoms with E-state index in [0.717, 1.165) is 56.6 Å². The minimum absolute atomic E-state index is 0.0801. The molecule has 2 aliphatic rings. The van der Waals surface area contributed by atoms with Gasteiger partial charge in [-0.3, -0.25) is 14.5 Å². The van der Waals surface area contributed by atoms with Crippen molar-refractivity contribution in [3.05, 3.63) is 65.7 Å². The Kier molecular flexibility index (Phi) is 7.65. The lowest BCUT2D eigenvalue weighted by Gasteiger charge is -2.22. The molecule has 33 heavy (non-hydrogen) atoms. The molecule has 1 saturated heterocycles. The van der Waals surface area contributed by atoms with Crippen LogP contribution in [0.4, 0.5) is 0 Å². The molecule has 6 nitrogen and oxygen atoms in total. The van der Waals surface area contributed by atoms with E-state index in [1.54, 1.807) is 7.11 Å². The third-order valence-corrected chi connectivity index (χ3v) is 6.96. The summed E-state index contributed by atoms with van der Waals surface area (Å²) in [5, 5.41) is 3.16. The number of ether oxygens (including phenoxy) is 1. The normalized spacial score (nSPS) is 17.8. The van der Waals surface area contributed by atoms with Crippen molar-refractivity contribution in [3.8, 4) is 5.75 Å². The second-order valence-electron chi connectivity index (χ2n) is 9.28. The highest BCUT2D eigenvalue weighted by molar-refractivity contribution is 5.78. The van der Waals surface area contributed by atoms with Gasteiger partial charge in [-0.1, -0.05) is 42.5 Å². The quantitative estimate of drug-likeness (QED) is 0.639. The van der Waals surface area contributed by atoms with Gasteiger partial charge in [-0.25, -0.2) is 0 Å². The highest BCUT2D eigenvalue weighted by Crippen LogP contribution is 2.47. The Labute approximate surface area is 196 Å². The molecule has 1 N–H and O–H groups in total. The van der Waals surface area contributed by atoms with Crippen molar-refractivity contribution in [3.63, 3.8) is 0 Å². The Balaban J connectivity index is 1.18. The average molecular weight is 450 g/mol. The second kappa shape index (κ2) is 10.8. The first kappa shape index (κ1) is 23.3. The van der Waals surface area contributed by atoms with Crippen molar-refractivity contribution in [2.24, 2.45) is 0 Å². The van der Waals surface area contributed by atoms with Crippen molar-refractivity contribution in [2.45, 2.75) is 37.5 Å². The molecule has 0 spiro atoms. The Hall–Kier alpha value is -2.86.